The topological polar surface area (TPSA) is 81.2 Å². The molecule has 0 aliphatic carbocycles. The lowest BCUT2D eigenvalue weighted by Crippen LogP contribution is -2.55. The highest BCUT2D eigenvalue weighted by Gasteiger charge is 2.73. The molecule has 2 unspecified atom stereocenters. The number of carbonyl (C=O) groups is 3. The molecule has 4 heterocycles. The van der Waals surface area contributed by atoms with Gasteiger partial charge in [0, 0.05) is 43.6 Å². The Morgan fingerprint density at radius 3 is 2.44 bits per heavy atom. The summed E-state index contributed by atoms with van der Waals surface area (Å²) < 4.78 is -1.35. The molecule has 1 N–H and O–H groups in total. The molecule has 8 heteroatoms. The molecule has 4 rings (SSSR count). The van der Waals surface area contributed by atoms with Crippen LogP contribution >= 0.6 is 11.8 Å². The van der Waals surface area contributed by atoms with Crippen LogP contribution in [0.2, 0.25) is 0 Å². The summed E-state index contributed by atoms with van der Waals surface area (Å²) >= 11 is 1.63. The number of aliphatic hydroxyl groups is 1. The molecule has 2 fully saturated rings. The van der Waals surface area contributed by atoms with Gasteiger partial charge in [-0.3, -0.25) is 14.4 Å². The Labute approximate surface area is 207 Å². The fraction of sp³-hybridized carbons (Fsp3) is 0.731. The second-order valence-corrected chi connectivity index (χ2v) is 12.1. The number of hydrogen-bond acceptors (Lipinski definition) is 5. The van der Waals surface area contributed by atoms with Crippen LogP contribution in [0.4, 0.5) is 0 Å². The van der Waals surface area contributed by atoms with E-state index in [1.54, 1.807) is 16.7 Å². The highest BCUT2D eigenvalue weighted by atomic mass is 32.2. The average Bonchev–Trinajstić information content (AvgIpc) is 3.06. The number of likely N-dealkylation sites (tertiary alicyclic amines) is 1. The number of carbonyl (C=O) groups excluding carboxylic acids is 3. The molecule has 7 nitrogen and oxygen atoms in total. The van der Waals surface area contributed by atoms with Gasteiger partial charge < -0.3 is 19.8 Å². The van der Waals surface area contributed by atoms with Crippen LogP contribution < -0.4 is 0 Å². The van der Waals surface area contributed by atoms with E-state index in [9.17, 15) is 19.5 Å². The second kappa shape index (κ2) is 9.69. The number of rotatable bonds is 8. The Morgan fingerprint density at radius 2 is 1.76 bits per heavy atom. The van der Waals surface area contributed by atoms with Gasteiger partial charge in [-0.15, -0.1) is 11.8 Å². The molecule has 0 aromatic heterocycles. The summed E-state index contributed by atoms with van der Waals surface area (Å²) in [6.07, 6.45) is 11.4. The molecular formula is C26H39N3O4S. The Bertz CT molecular complexity index is 891. The van der Waals surface area contributed by atoms with Crippen molar-refractivity contribution in [2.24, 2.45) is 11.8 Å². The standard InChI is InChI=1S/C26H39N3O4S/c1-5-10-18(3)28-15-8-12-26-20(23(32)29(16-9-17-30)21(26)24(28)33)19-22(31)27(13-6-2)14-7-11-25(19,4)34-26/h7-8,11-12,18-21,30H,5-6,9-10,13-17H2,1-4H3/t18?,19-,20+,21?,25+,26+/m1/s1. The molecule has 34 heavy (non-hydrogen) atoms. The minimum Gasteiger partial charge on any atom is -0.396 e. The van der Waals surface area contributed by atoms with Crippen LogP contribution in [0.1, 0.15) is 53.4 Å². The van der Waals surface area contributed by atoms with Crippen molar-refractivity contribution < 1.29 is 19.5 Å². The third kappa shape index (κ3) is 3.81. The Hall–Kier alpha value is -1.80. The summed E-state index contributed by atoms with van der Waals surface area (Å²) in [6, 6.07) is -0.593. The van der Waals surface area contributed by atoms with Gasteiger partial charge in [0.1, 0.15) is 6.04 Å². The van der Waals surface area contributed by atoms with Gasteiger partial charge >= 0.3 is 0 Å². The number of thioether (sulfide) groups is 1. The Balaban J connectivity index is 1.82. The zero-order chi connectivity index (χ0) is 24.7. The van der Waals surface area contributed by atoms with Gasteiger partial charge in [0.25, 0.3) is 0 Å². The summed E-state index contributed by atoms with van der Waals surface area (Å²) in [4.78, 5) is 47.5. The molecule has 3 amide bonds. The highest BCUT2D eigenvalue weighted by Crippen LogP contribution is 2.65. The molecule has 4 aliphatic rings. The van der Waals surface area contributed by atoms with Crippen molar-refractivity contribution in [3.8, 4) is 0 Å². The largest absolute Gasteiger partial charge is 0.396 e. The Kier molecular flexibility index (Phi) is 7.21. The van der Waals surface area contributed by atoms with Gasteiger partial charge in [0.2, 0.25) is 17.7 Å². The first-order valence-electron chi connectivity index (χ1n) is 12.8. The van der Waals surface area contributed by atoms with Crippen LogP contribution in [-0.2, 0) is 14.4 Å². The zero-order valence-electron chi connectivity index (χ0n) is 20.9. The molecule has 0 bridgehead atoms. The fourth-order valence-electron chi connectivity index (χ4n) is 6.51. The molecule has 188 valence electrons. The van der Waals surface area contributed by atoms with Crippen molar-refractivity contribution in [2.45, 2.75) is 75.0 Å². The number of fused-ring (bicyclic) bond motifs is 2. The van der Waals surface area contributed by atoms with Crippen molar-refractivity contribution in [3.63, 3.8) is 0 Å². The van der Waals surface area contributed by atoms with E-state index in [0.717, 1.165) is 19.3 Å². The van der Waals surface area contributed by atoms with Gasteiger partial charge in [0.15, 0.2) is 0 Å². The van der Waals surface area contributed by atoms with E-state index in [-0.39, 0.29) is 30.4 Å². The summed E-state index contributed by atoms with van der Waals surface area (Å²) in [6.45, 7) is 10.3. The summed E-state index contributed by atoms with van der Waals surface area (Å²) in [5.41, 5.74) is 0. The van der Waals surface area contributed by atoms with E-state index in [2.05, 4.69) is 45.9 Å². The van der Waals surface area contributed by atoms with Gasteiger partial charge in [0.05, 0.1) is 16.6 Å². The quantitative estimate of drug-likeness (QED) is 0.530. The smallest absolute Gasteiger partial charge is 0.247 e. The van der Waals surface area contributed by atoms with Crippen LogP contribution in [0.25, 0.3) is 0 Å². The van der Waals surface area contributed by atoms with E-state index in [4.69, 9.17) is 0 Å². The van der Waals surface area contributed by atoms with E-state index in [0.29, 0.717) is 32.6 Å². The predicted molar refractivity (Wildman–Crippen MR) is 134 cm³/mol. The zero-order valence-corrected chi connectivity index (χ0v) is 21.7. The molecule has 4 aliphatic heterocycles. The van der Waals surface area contributed by atoms with Gasteiger partial charge in [-0.2, -0.15) is 0 Å². The maximum Gasteiger partial charge on any atom is 0.247 e. The molecule has 0 aromatic rings. The third-order valence-corrected chi connectivity index (χ3v) is 9.76. The molecule has 0 radical (unpaired) electrons. The maximum atomic E-state index is 14.1. The molecule has 6 atom stereocenters. The first kappa shape index (κ1) is 25.3. The fourth-order valence-corrected chi connectivity index (χ4v) is 8.67. The summed E-state index contributed by atoms with van der Waals surface area (Å²) in [7, 11) is 0. The van der Waals surface area contributed by atoms with Crippen LogP contribution in [0.3, 0.4) is 0 Å². The number of amides is 3. The lowest BCUT2D eigenvalue weighted by atomic mass is 9.74. The van der Waals surface area contributed by atoms with Crippen LogP contribution in [0, 0.1) is 11.8 Å². The van der Waals surface area contributed by atoms with Crippen molar-refractivity contribution in [1.82, 2.24) is 14.7 Å². The minimum atomic E-state index is -0.793. The monoisotopic (exact) mass is 489 g/mol. The van der Waals surface area contributed by atoms with Crippen molar-refractivity contribution in [3.05, 3.63) is 24.3 Å². The molecule has 2 saturated heterocycles. The first-order chi connectivity index (χ1) is 16.3. The highest BCUT2D eigenvalue weighted by molar-refractivity contribution is 8.02. The SMILES string of the molecule is CCCC(C)N1CC=C[C@]23S[C@@]4(C)C=CCN(CCC)C(=O)[C@H]4[C@H]2C(=O)N(CCCO)C3C1=O. The minimum absolute atomic E-state index is 0.0149. The van der Waals surface area contributed by atoms with Crippen molar-refractivity contribution in [1.29, 1.82) is 0 Å². The molecule has 0 aromatic carbocycles. The predicted octanol–water partition coefficient (Wildman–Crippen LogP) is 2.45. The average molecular weight is 490 g/mol. The van der Waals surface area contributed by atoms with Gasteiger partial charge in [-0.05, 0) is 33.1 Å². The van der Waals surface area contributed by atoms with Crippen molar-refractivity contribution in [2.75, 3.05) is 32.8 Å². The Morgan fingerprint density at radius 1 is 1.03 bits per heavy atom. The van der Waals surface area contributed by atoms with E-state index >= 15 is 0 Å². The van der Waals surface area contributed by atoms with Crippen LogP contribution in [0.5, 0.6) is 0 Å². The van der Waals surface area contributed by atoms with Crippen LogP contribution in [0.15, 0.2) is 24.3 Å². The second-order valence-electron chi connectivity index (χ2n) is 10.3. The maximum absolute atomic E-state index is 14.1. The number of hydrogen-bond donors (Lipinski definition) is 1. The van der Waals surface area contributed by atoms with Crippen LogP contribution in [-0.4, -0.2) is 91.9 Å². The number of aliphatic hydroxyl groups excluding tert-OH is 1. The van der Waals surface area contributed by atoms with E-state index < -0.39 is 27.4 Å². The molecule has 0 saturated carbocycles. The third-order valence-electron chi connectivity index (χ3n) is 7.96. The van der Waals surface area contributed by atoms with Gasteiger partial charge in [-0.25, -0.2) is 0 Å². The molecule has 1 spiro atoms. The van der Waals surface area contributed by atoms with Crippen molar-refractivity contribution >= 4 is 29.5 Å². The van der Waals surface area contributed by atoms with E-state index in [1.165, 1.54) is 0 Å². The summed E-state index contributed by atoms with van der Waals surface area (Å²) in [5.74, 6) is -1.26. The normalized spacial score (nSPS) is 35.9. The lowest BCUT2D eigenvalue weighted by Gasteiger charge is -2.38. The van der Waals surface area contributed by atoms with E-state index in [1.807, 2.05) is 15.9 Å². The lowest BCUT2D eigenvalue weighted by molar-refractivity contribution is -0.145. The van der Waals surface area contributed by atoms with Gasteiger partial charge in [-0.1, -0.05) is 44.6 Å². The molecular weight excluding hydrogens is 450 g/mol. The summed E-state index contributed by atoms with van der Waals surface area (Å²) in [5, 5.41) is 9.52. The number of nitrogens with zero attached hydrogens (tertiary/aromatic N) is 3. The first-order valence-corrected chi connectivity index (χ1v) is 13.6.